The Labute approximate surface area is 106 Å². The van der Waals surface area contributed by atoms with Crippen molar-refractivity contribution in [2.75, 3.05) is 26.2 Å². The molecule has 2 unspecified atom stereocenters. The molecule has 0 aliphatic carbocycles. The molecule has 1 fully saturated rings. The third kappa shape index (κ3) is 3.25. The van der Waals surface area contributed by atoms with Gasteiger partial charge in [0, 0.05) is 18.5 Å². The molecular weight excluding hydrogens is 236 g/mol. The molecule has 96 valence electrons. The monoisotopic (exact) mass is 256 g/mol. The van der Waals surface area contributed by atoms with Gasteiger partial charge in [-0.05, 0) is 19.9 Å². The van der Waals surface area contributed by atoms with Crippen LogP contribution in [0.1, 0.15) is 43.2 Å². The Morgan fingerprint density at radius 1 is 1.71 bits per heavy atom. The molecule has 1 aromatic rings. The van der Waals surface area contributed by atoms with E-state index < -0.39 is 6.10 Å². The van der Waals surface area contributed by atoms with Gasteiger partial charge in [-0.1, -0.05) is 6.92 Å². The molecule has 0 saturated carbocycles. The number of rotatable bonds is 4. The van der Waals surface area contributed by atoms with Crippen LogP contribution in [0.15, 0.2) is 5.38 Å². The Bertz CT molecular complexity index is 352. The minimum Gasteiger partial charge on any atom is -0.387 e. The molecule has 2 rings (SSSR count). The number of nitrogens with zero attached hydrogens (tertiary/aromatic N) is 2. The van der Waals surface area contributed by atoms with E-state index in [4.69, 9.17) is 4.74 Å². The standard InChI is InChI=1S/C12H20N2O2S/c1-3-4-14-5-6-16-11(7-14)12-13-10(8-17-12)9(2)15/h8-9,11,15H,3-7H2,1-2H3. The maximum absolute atomic E-state index is 9.46. The molecule has 0 radical (unpaired) electrons. The highest BCUT2D eigenvalue weighted by atomic mass is 32.1. The minimum atomic E-state index is -0.490. The highest BCUT2D eigenvalue weighted by Gasteiger charge is 2.24. The van der Waals surface area contributed by atoms with Gasteiger partial charge in [-0.3, -0.25) is 4.90 Å². The lowest BCUT2D eigenvalue weighted by atomic mass is 10.2. The lowest BCUT2D eigenvalue weighted by Gasteiger charge is -2.31. The normalized spacial score (nSPS) is 23.8. The zero-order valence-electron chi connectivity index (χ0n) is 10.4. The van der Waals surface area contributed by atoms with Crippen LogP contribution in [0, 0.1) is 0 Å². The van der Waals surface area contributed by atoms with E-state index in [1.54, 1.807) is 18.3 Å². The summed E-state index contributed by atoms with van der Waals surface area (Å²) in [6.45, 7) is 7.76. The van der Waals surface area contributed by atoms with Gasteiger partial charge in [0.1, 0.15) is 11.1 Å². The van der Waals surface area contributed by atoms with Gasteiger partial charge in [-0.25, -0.2) is 4.98 Å². The summed E-state index contributed by atoms with van der Waals surface area (Å²) in [5, 5.41) is 12.4. The summed E-state index contributed by atoms with van der Waals surface area (Å²) < 4.78 is 5.76. The number of ether oxygens (including phenoxy) is 1. The molecule has 1 aliphatic rings. The quantitative estimate of drug-likeness (QED) is 0.894. The molecule has 1 N–H and O–H groups in total. The Morgan fingerprint density at radius 2 is 2.53 bits per heavy atom. The van der Waals surface area contributed by atoms with E-state index >= 15 is 0 Å². The number of morpholine rings is 1. The predicted molar refractivity (Wildman–Crippen MR) is 68.2 cm³/mol. The fourth-order valence-corrected chi connectivity index (χ4v) is 2.96. The van der Waals surface area contributed by atoms with Crippen LogP contribution in [0.4, 0.5) is 0 Å². The minimum absolute atomic E-state index is 0.0767. The highest BCUT2D eigenvalue weighted by Crippen LogP contribution is 2.27. The first kappa shape index (κ1) is 13.0. The Hall–Kier alpha value is -0.490. The topological polar surface area (TPSA) is 45.6 Å². The molecule has 4 nitrogen and oxygen atoms in total. The number of hydrogen-bond acceptors (Lipinski definition) is 5. The maximum atomic E-state index is 9.46. The van der Waals surface area contributed by atoms with Crippen LogP contribution < -0.4 is 0 Å². The summed E-state index contributed by atoms with van der Waals surface area (Å²) >= 11 is 1.58. The second kappa shape index (κ2) is 5.91. The molecule has 2 heterocycles. The van der Waals surface area contributed by atoms with E-state index in [2.05, 4.69) is 16.8 Å². The number of thiazole rings is 1. The number of aromatic nitrogens is 1. The Balaban J connectivity index is 2.00. The van der Waals surface area contributed by atoms with E-state index in [0.29, 0.717) is 0 Å². The van der Waals surface area contributed by atoms with Crippen LogP contribution in [0.3, 0.4) is 0 Å². The number of hydrogen-bond donors (Lipinski definition) is 1. The van der Waals surface area contributed by atoms with Gasteiger partial charge < -0.3 is 9.84 Å². The van der Waals surface area contributed by atoms with Crippen molar-refractivity contribution in [3.8, 4) is 0 Å². The van der Waals surface area contributed by atoms with Gasteiger partial charge in [0.2, 0.25) is 0 Å². The molecule has 1 aliphatic heterocycles. The molecule has 0 spiro atoms. The second-order valence-corrected chi connectivity index (χ2v) is 5.34. The first-order valence-corrected chi connectivity index (χ1v) is 7.06. The van der Waals surface area contributed by atoms with Crippen molar-refractivity contribution < 1.29 is 9.84 Å². The summed E-state index contributed by atoms with van der Waals surface area (Å²) in [6.07, 6.45) is 0.756. The zero-order valence-corrected chi connectivity index (χ0v) is 11.2. The fraction of sp³-hybridized carbons (Fsp3) is 0.750. The van der Waals surface area contributed by atoms with Crippen LogP contribution >= 0.6 is 11.3 Å². The van der Waals surface area contributed by atoms with Crippen molar-refractivity contribution in [1.29, 1.82) is 0 Å². The number of aliphatic hydroxyl groups excluding tert-OH is 1. The summed E-state index contributed by atoms with van der Waals surface area (Å²) in [4.78, 5) is 6.86. The predicted octanol–water partition coefficient (Wildman–Crippen LogP) is 1.98. The van der Waals surface area contributed by atoms with Gasteiger partial charge in [-0.2, -0.15) is 0 Å². The lowest BCUT2D eigenvalue weighted by molar-refractivity contribution is -0.0300. The zero-order chi connectivity index (χ0) is 12.3. The second-order valence-electron chi connectivity index (χ2n) is 4.45. The lowest BCUT2D eigenvalue weighted by Crippen LogP contribution is -2.38. The highest BCUT2D eigenvalue weighted by molar-refractivity contribution is 7.09. The van der Waals surface area contributed by atoms with E-state index in [0.717, 1.165) is 36.9 Å². The van der Waals surface area contributed by atoms with Crippen molar-refractivity contribution in [2.45, 2.75) is 32.5 Å². The van der Waals surface area contributed by atoms with Crippen molar-refractivity contribution in [2.24, 2.45) is 0 Å². The summed E-state index contributed by atoms with van der Waals surface area (Å²) in [7, 11) is 0. The molecular formula is C12H20N2O2S. The maximum Gasteiger partial charge on any atom is 0.123 e. The molecule has 0 bridgehead atoms. The molecule has 1 aromatic heterocycles. The Kier molecular flexibility index (Phi) is 4.50. The largest absolute Gasteiger partial charge is 0.387 e. The van der Waals surface area contributed by atoms with Gasteiger partial charge in [0.05, 0.1) is 18.4 Å². The van der Waals surface area contributed by atoms with Gasteiger partial charge in [-0.15, -0.1) is 11.3 Å². The first-order valence-electron chi connectivity index (χ1n) is 6.18. The smallest absolute Gasteiger partial charge is 0.123 e. The third-order valence-electron chi connectivity index (χ3n) is 2.93. The van der Waals surface area contributed by atoms with E-state index in [1.807, 2.05) is 5.38 Å². The van der Waals surface area contributed by atoms with Crippen molar-refractivity contribution >= 4 is 11.3 Å². The van der Waals surface area contributed by atoms with Crippen LogP contribution in [-0.2, 0) is 4.74 Å². The van der Waals surface area contributed by atoms with Gasteiger partial charge in [0.25, 0.3) is 0 Å². The van der Waals surface area contributed by atoms with Crippen LogP contribution in [-0.4, -0.2) is 41.2 Å². The fourth-order valence-electron chi connectivity index (χ4n) is 2.01. The number of aliphatic hydroxyl groups is 1. The van der Waals surface area contributed by atoms with Crippen LogP contribution in [0.25, 0.3) is 0 Å². The molecule has 1 saturated heterocycles. The van der Waals surface area contributed by atoms with Gasteiger partial charge >= 0.3 is 0 Å². The summed E-state index contributed by atoms with van der Waals surface area (Å²) in [6, 6.07) is 0. The van der Waals surface area contributed by atoms with E-state index in [9.17, 15) is 5.11 Å². The first-order chi connectivity index (χ1) is 8.20. The van der Waals surface area contributed by atoms with Crippen molar-refractivity contribution in [1.82, 2.24) is 9.88 Å². The third-order valence-corrected chi connectivity index (χ3v) is 3.89. The Morgan fingerprint density at radius 3 is 3.18 bits per heavy atom. The molecule has 17 heavy (non-hydrogen) atoms. The molecule has 0 amide bonds. The SMILES string of the molecule is CCCN1CCOC(c2nc(C(C)O)cs2)C1. The van der Waals surface area contributed by atoms with E-state index in [1.165, 1.54) is 6.42 Å². The molecule has 0 aromatic carbocycles. The average Bonchev–Trinajstić information content (AvgIpc) is 2.79. The van der Waals surface area contributed by atoms with Crippen LogP contribution in [0.2, 0.25) is 0 Å². The van der Waals surface area contributed by atoms with Crippen molar-refractivity contribution in [3.05, 3.63) is 16.1 Å². The van der Waals surface area contributed by atoms with Gasteiger partial charge in [0.15, 0.2) is 0 Å². The summed E-state index contributed by atoms with van der Waals surface area (Å²) in [5.41, 5.74) is 0.751. The molecule has 5 heteroatoms. The van der Waals surface area contributed by atoms with Crippen LogP contribution in [0.5, 0.6) is 0 Å². The average molecular weight is 256 g/mol. The van der Waals surface area contributed by atoms with E-state index in [-0.39, 0.29) is 6.10 Å². The summed E-state index contributed by atoms with van der Waals surface area (Å²) in [5.74, 6) is 0. The molecule has 2 atom stereocenters. The van der Waals surface area contributed by atoms with Crippen molar-refractivity contribution in [3.63, 3.8) is 0 Å².